The molecule has 1 N–H and O–H groups in total. The summed E-state index contributed by atoms with van der Waals surface area (Å²) in [5.41, 5.74) is 2.19. The predicted octanol–water partition coefficient (Wildman–Crippen LogP) is 3.25. The Morgan fingerprint density at radius 2 is 1.79 bits per heavy atom. The van der Waals surface area contributed by atoms with Crippen LogP contribution in [0.5, 0.6) is 0 Å². The minimum Gasteiger partial charge on any atom is -0.324 e. The third kappa shape index (κ3) is 3.01. The number of nitrogens with zero attached hydrogens (tertiary/aromatic N) is 1. The second kappa shape index (κ2) is 6.14. The largest absolute Gasteiger partial charge is 0.324 e. The SMILES string of the molecule is Cc1ccc(N(C)S(=O)(=O)c2ccc3c(c2)NC(=O)[C@@H](C)S3)cc1. The van der Waals surface area contributed by atoms with Crippen molar-refractivity contribution in [3.05, 3.63) is 48.0 Å². The van der Waals surface area contributed by atoms with Gasteiger partial charge in [0, 0.05) is 11.9 Å². The minimum atomic E-state index is -3.70. The number of fused-ring (bicyclic) bond motifs is 1. The summed E-state index contributed by atoms with van der Waals surface area (Å²) in [4.78, 5) is 12.8. The Kier molecular flexibility index (Phi) is 4.31. The molecule has 1 atom stereocenters. The zero-order valence-corrected chi connectivity index (χ0v) is 15.2. The lowest BCUT2D eigenvalue weighted by Crippen LogP contribution is -2.28. The zero-order chi connectivity index (χ0) is 17.5. The first-order valence-corrected chi connectivity index (χ1v) is 9.78. The highest BCUT2D eigenvalue weighted by Crippen LogP contribution is 2.37. The number of carbonyl (C=O) groups excluding carboxylic acids is 1. The van der Waals surface area contributed by atoms with Crippen molar-refractivity contribution in [3.8, 4) is 0 Å². The van der Waals surface area contributed by atoms with Crippen LogP contribution in [0.2, 0.25) is 0 Å². The number of thioether (sulfide) groups is 1. The molecule has 0 spiro atoms. The number of nitrogens with one attached hydrogen (secondary N) is 1. The molecule has 1 heterocycles. The standard InChI is InChI=1S/C17H18N2O3S2/c1-11-4-6-13(7-5-11)19(3)24(21,22)14-8-9-16-15(10-14)18-17(20)12(2)23-16/h4-10,12H,1-3H3,(H,18,20)/t12-/m1/s1. The topological polar surface area (TPSA) is 66.5 Å². The van der Waals surface area contributed by atoms with Crippen molar-refractivity contribution in [2.45, 2.75) is 28.9 Å². The van der Waals surface area contributed by atoms with Crippen LogP contribution in [0.4, 0.5) is 11.4 Å². The van der Waals surface area contributed by atoms with Gasteiger partial charge in [0.2, 0.25) is 5.91 Å². The van der Waals surface area contributed by atoms with Crippen molar-refractivity contribution >= 4 is 39.1 Å². The lowest BCUT2D eigenvalue weighted by molar-refractivity contribution is -0.115. The molecule has 5 nitrogen and oxygen atoms in total. The number of amides is 1. The van der Waals surface area contributed by atoms with Crippen molar-refractivity contribution in [3.63, 3.8) is 0 Å². The molecule has 0 aromatic heterocycles. The van der Waals surface area contributed by atoms with E-state index < -0.39 is 10.0 Å². The van der Waals surface area contributed by atoms with Gasteiger partial charge in [0.1, 0.15) is 0 Å². The molecule has 3 rings (SSSR count). The summed E-state index contributed by atoms with van der Waals surface area (Å²) < 4.78 is 27.0. The Labute approximate surface area is 146 Å². The summed E-state index contributed by atoms with van der Waals surface area (Å²) in [5.74, 6) is -0.117. The van der Waals surface area contributed by atoms with Gasteiger partial charge < -0.3 is 5.32 Å². The molecule has 2 aromatic rings. The van der Waals surface area contributed by atoms with Crippen LogP contribution in [0.25, 0.3) is 0 Å². The van der Waals surface area contributed by atoms with Crippen LogP contribution >= 0.6 is 11.8 Å². The molecule has 2 aromatic carbocycles. The highest BCUT2D eigenvalue weighted by atomic mass is 32.2. The maximum atomic E-state index is 12.9. The van der Waals surface area contributed by atoms with E-state index in [0.717, 1.165) is 10.5 Å². The number of benzene rings is 2. The van der Waals surface area contributed by atoms with Gasteiger partial charge in [-0.1, -0.05) is 17.7 Å². The lowest BCUT2D eigenvalue weighted by Gasteiger charge is -2.24. The van der Waals surface area contributed by atoms with Crippen molar-refractivity contribution < 1.29 is 13.2 Å². The lowest BCUT2D eigenvalue weighted by atomic mass is 10.2. The normalized spacial score (nSPS) is 17.1. The maximum absolute atomic E-state index is 12.9. The van der Waals surface area contributed by atoms with Crippen LogP contribution in [-0.2, 0) is 14.8 Å². The first-order chi connectivity index (χ1) is 11.3. The fourth-order valence-corrected chi connectivity index (χ4v) is 4.55. The Balaban J connectivity index is 1.97. The summed E-state index contributed by atoms with van der Waals surface area (Å²) in [6.07, 6.45) is 0. The van der Waals surface area contributed by atoms with E-state index in [1.807, 2.05) is 26.0 Å². The highest BCUT2D eigenvalue weighted by Gasteiger charge is 2.27. The van der Waals surface area contributed by atoms with Gasteiger partial charge in [-0.25, -0.2) is 8.42 Å². The predicted molar refractivity (Wildman–Crippen MR) is 97.2 cm³/mol. The van der Waals surface area contributed by atoms with E-state index in [9.17, 15) is 13.2 Å². The van der Waals surface area contributed by atoms with Gasteiger partial charge in [0.15, 0.2) is 0 Å². The van der Waals surface area contributed by atoms with Gasteiger partial charge >= 0.3 is 0 Å². The first kappa shape index (κ1) is 16.9. The van der Waals surface area contributed by atoms with Crippen LogP contribution in [-0.4, -0.2) is 26.6 Å². The molecule has 0 aliphatic carbocycles. The van der Waals surface area contributed by atoms with E-state index in [1.165, 1.54) is 29.2 Å². The molecule has 0 radical (unpaired) electrons. The van der Waals surface area contributed by atoms with E-state index in [0.29, 0.717) is 11.4 Å². The van der Waals surface area contributed by atoms with Crippen LogP contribution in [0.1, 0.15) is 12.5 Å². The van der Waals surface area contributed by atoms with Crippen LogP contribution in [0, 0.1) is 6.92 Å². The second-order valence-corrected chi connectivity index (χ2v) is 9.07. The smallest absolute Gasteiger partial charge is 0.264 e. The monoisotopic (exact) mass is 362 g/mol. The van der Waals surface area contributed by atoms with Crippen LogP contribution < -0.4 is 9.62 Å². The molecule has 0 saturated carbocycles. The molecule has 126 valence electrons. The van der Waals surface area contributed by atoms with Gasteiger partial charge in [-0.3, -0.25) is 9.10 Å². The van der Waals surface area contributed by atoms with E-state index in [-0.39, 0.29) is 16.1 Å². The van der Waals surface area contributed by atoms with Gasteiger partial charge in [-0.2, -0.15) is 0 Å². The van der Waals surface area contributed by atoms with Gasteiger partial charge in [0.25, 0.3) is 10.0 Å². The summed E-state index contributed by atoms with van der Waals surface area (Å²) in [7, 11) is -2.17. The molecule has 0 saturated heterocycles. The third-order valence-electron chi connectivity index (χ3n) is 3.94. The maximum Gasteiger partial charge on any atom is 0.264 e. The van der Waals surface area contributed by atoms with Crippen LogP contribution in [0.15, 0.2) is 52.3 Å². The number of hydrogen-bond donors (Lipinski definition) is 1. The molecule has 1 aliphatic rings. The summed E-state index contributed by atoms with van der Waals surface area (Å²) in [6.45, 7) is 3.77. The molecular weight excluding hydrogens is 344 g/mol. The highest BCUT2D eigenvalue weighted by molar-refractivity contribution is 8.01. The number of aryl methyl sites for hydroxylation is 1. The number of anilines is 2. The summed E-state index contributed by atoms with van der Waals surface area (Å²) >= 11 is 1.43. The van der Waals surface area contributed by atoms with Crippen molar-refractivity contribution in [2.24, 2.45) is 0 Å². The molecule has 0 unspecified atom stereocenters. The van der Waals surface area contributed by atoms with Crippen molar-refractivity contribution in [2.75, 3.05) is 16.7 Å². The average Bonchev–Trinajstić information content (AvgIpc) is 2.55. The number of rotatable bonds is 3. The van der Waals surface area contributed by atoms with E-state index >= 15 is 0 Å². The van der Waals surface area contributed by atoms with Crippen LogP contribution in [0.3, 0.4) is 0 Å². The number of hydrogen-bond acceptors (Lipinski definition) is 4. The fraction of sp³-hybridized carbons (Fsp3) is 0.235. The van der Waals surface area contributed by atoms with E-state index in [2.05, 4.69) is 5.32 Å². The minimum absolute atomic E-state index is 0.117. The molecule has 24 heavy (non-hydrogen) atoms. The van der Waals surface area contributed by atoms with Gasteiger partial charge in [0.05, 0.1) is 21.5 Å². The Hall–Kier alpha value is -1.99. The van der Waals surface area contributed by atoms with Crippen molar-refractivity contribution in [1.29, 1.82) is 0 Å². The van der Waals surface area contributed by atoms with Gasteiger partial charge in [-0.15, -0.1) is 11.8 Å². The van der Waals surface area contributed by atoms with Crippen molar-refractivity contribution in [1.82, 2.24) is 0 Å². The zero-order valence-electron chi connectivity index (χ0n) is 13.6. The first-order valence-electron chi connectivity index (χ1n) is 7.46. The quantitative estimate of drug-likeness (QED) is 0.910. The second-order valence-electron chi connectivity index (χ2n) is 5.72. The Morgan fingerprint density at radius 3 is 2.46 bits per heavy atom. The molecule has 1 amide bonds. The fourth-order valence-electron chi connectivity index (χ4n) is 2.40. The third-order valence-corrected chi connectivity index (χ3v) is 6.90. The summed E-state index contributed by atoms with van der Waals surface area (Å²) in [5, 5.41) is 2.58. The van der Waals surface area contributed by atoms with Gasteiger partial charge in [-0.05, 0) is 44.2 Å². The Bertz CT molecular complexity index is 893. The number of carbonyl (C=O) groups is 1. The molecule has 0 fully saturated rings. The van der Waals surface area contributed by atoms with E-state index in [4.69, 9.17) is 0 Å². The molecular formula is C17H18N2O3S2. The molecule has 7 heteroatoms. The molecule has 0 bridgehead atoms. The Morgan fingerprint density at radius 1 is 1.12 bits per heavy atom. The average molecular weight is 362 g/mol. The summed E-state index contributed by atoms with van der Waals surface area (Å²) in [6, 6.07) is 12.1. The van der Waals surface area contributed by atoms with E-state index in [1.54, 1.807) is 24.3 Å². The number of sulfonamides is 1. The molecule has 1 aliphatic heterocycles.